The number of methoxy groups -OCH3 is 1. The van der Waals surface area contributed by atoms with E-state index in [1.165, 1.54) is 18.3 Å². The van der Waals surface area contributed by atoms with E-state index in [1.807, 2.05) is 6.07 Å². The van der Waals surface area contributed by atoms with E-state index in [-0.39, 0.29) is 29.8 Å². The number of amides is 2. The van der Waals surface area contributed by atoms with Crippen molar-refractivity contribution in [3.8, 4) is 5.75 Å². The molecule has 1 aliphatic heterocycles. The maximum Gasteiger partial charge on any atom is 0.417 e. The van der Waals surface area contributed by atoms with Crippen LogP contribution in [0.25, 0.3) is 0 Å². The highest BCUT2D eigenvalue weighted by Gasteiger charge is 2.21. The number of rotatable bonds is 15. The highest BCUT2D eigenvalue weighted by atomic mass is 19.1. The summed E-state index contributed by atoms with van der Waals surface area (Å²) in [7, 11) is 1.56. The van der Waals surface area contributed by atoms with Crippen LogP contribution in [-0.4, -0.2) is 103 Å². The standard InChI is InChI=1S/C32H42FN7O5/c1-23(2)39-16-14-38(15-17-39)18-20-45-28-9-8-25(22-27(28)33)36-31-35-12-11-29(37-31)40(32(42)43)26-6-4-5-24(21-26)7-10-30(41)34-13-19-44-3/h4-6,8-9,11-12,21-23H,7,10,13-20H2,1-3H3,(H,34,41)(H,42,43)(H,35,36,37). The number of hydrogen-bond acceptors (Lipinski definition) is 9. The number of ether oxygens (including phenoxy) is 2. The molecule has 2 amide bonds. The second-order valence-corrected chi connectivity index (χ2v) is 11.0. The fraction of sp³-hybridized carbons (Fsp3) is 0.438. The van der Waals surface area contributed by atoms with Crippen LogP contribution in [0.1, 0.15) is 25.8 Å². The Hall–Kier alpha value is -4.33. The summed E-state index contributed by atoms with van der Waals surface area (Å²) in [5.41, 5.74) is 1.53. The number of nitrogens with zero attached hydrogens (tertiary/aromatic N) is 5. The Morgan fingerprint density at radius 1 is 1.09 bits per heavy atom. The van der Waals surface area contributed by atoms with E-state index >= 15 is 0 Å². The van der Waals surface area contributed by atoms with Crippen LogP contribution in [-0.2, 0) is 16.0 Å². The normalized spacial score (nSPS) is 13.9. The summed E-state index contributed by atoms with van der Waals surface area (Å²) >= 11 is 0. The van der Waals surface area contributed by atoms with Gasteiger partial charge in [-0.2, -0.15) is 4.98 Å². The van der Waals surface area contributed by atoms with Gasteiger partial charge in [-0.15, -0.1) is 0 Å². The van der Waals surface area contributed by atoms with Gasteiger partial charge >= 0.3 is 6.09 Å². The van der Waals surface area contributed by atoms with E-state index in [0.29, 0.717) is 43.6 Å². The third-order valence-corrected chi connectivity index (χ3v) is 7.49. The van der Waals surface area contributed by atoms with Gasteiger partial charge in [0, 0.05) is 82.9 Å². The molecule has 1 saturated heterocycles. The number of anilines is 4. The number of aryl methyl sites for hydroxylation is 1. The van der Waals surface area contributed by atoms with Gasteiger partial charge in [0.2, 0.25) is 11.9 Å². The lowest BCUT2D eigenvalue weighted by Gasteiger charge is -2.36. The smallest absolute Gasteiger partial charge is 0.417 e. The van der Waals surface area contributed by atoms with Crippen LogP contribution < -0.4 is 20.3 Å². The molecule has 0 bridgehead atoms. The molecule has 12 nitrogen and oxygen atoms in total. The van der Waals surface area contributed by atoms with Crippen molar-refractivity contribution in [2.45, 2.75) is 32.7 Å². The first kappa shape index (κ1) is 33.6. The Balaban J connectivity index is 1.35. The van der Waals surface area contributed by atoms with Gasteiger partial charge in [0.25, 0.3) is 0 Å². The summed E-state index contributed by atoms with van der Waals surface area (Å²) < 4.78 is 25.5. The van der Waals surface area contributed by atoms with Crippen LogP contribution in [0.3, 0.4) is 0 Å². The molecule has 0 spiro atoms. The highest BCUT2D eigenvalue weighted by molar-refractivity contribution is 5.93. The van der Waals surface area contributed by atoms with Crippen molar-refractivity contribution in [2.24, 2.45) is 0 Å². The maximum absolute atomic E-state index is 14.9. The zero-order valence-electron chi connectivity index (χ0n) is 26.0. The number of carbonyl (C=O) groups excluding carboxylic acids is 1. The van der Waals surface area contributed by atoms with E-state index in [9.17, 15) is 19.1 Å². The lowest BCUT2D eigenvalue weighted by molar-refractivity contribution is -0.121. The molecule has 3 N–H and O–H groups in total. The highest BCUT2D eigenvalue weighted by Crippen LogP contribution is 2.27. The van der Waals surface area contributed by atoms with Crippen LogP contribution in [0.2, 0.25) is 0 Å². The zero-order valence-corrected chi connectivity index (χ0v) is 26.0. The molecule has 4 rings (SSSR count). The van der Waals surface area contributed by atoms with E-state index < -0.39 is 11.9 Å². The molecule has 0 unspecified atom stereocenters. The summed E-state index contributed by atoms with van der Waals surface area (Å²) in [4.78, 5) is 38.7. The Labute approximate surface area is 263 Å². The van der Waals surface area contributed by atoms with Crippen LogP contribution in [0.15, 0.2) is 54.7 Å². The average Bonchev–Trinajstić information content (AvgIpc) is 3.02. The van der Waals surface area contributed by atoms with Crippen molar-refractivity contribution in [3.05, 3.63) is 66.1 Å². The molecule has 1 aliphatic rings. The lowest BCUT2D eigenvalue weighted by atomic mass is 10.1. The summed E-state index contributed by atoms with van der Waals surface area (Å²) in [5, 5.41) is 15.8. The second-order valence-electron chi connectivity index (χ2n) is 11.0. The first-order valence-electron chi connectivity index (χ1n) is 15.1. The molecule has 242 valence electrons. The quantitative estimate of drug-likeness (QED) is 0.211. The second kappa shape index (κ2) is 16.7. The number of carboxylic acid groups (broad SMARTS) is 1. The topological polar surface area (TPSA) is 132 Å². The van der Waals surface area contributed by atoms with Gasteiger partial charge in [0.05, 0.1) is 12.3 Å². The molecule has 1 fully saturated rings. The molecule has 13 heteroatoms. The molecule has 0 aliphatic carbocycles. The first-order chi connectivity index (χ1) is 21.7. The van der Waals surface area contributed by atoms with Gasteiger partial charge in [0.1, 0.15) is 12.4 Å². The van der Waals surface area contributed by atoms with Gasteiger partial charge in [-0.25, -0.2) is 19.1 Å². The molecular formula is C32H42FN7O5. The van der Waals surface area contributed by atoms with Crippen molar-refractivity contribution < 1.29 is 28.6 Å². The average molecular weight is 624 g/mol. The van der Waals surface area contributed by atoms with Crippen LogP contribution >= 0.6 is 0 Å². The van der Waals surface area contributed by atoms with Gasteiger partial charge < -0.3 is 25.2 Å². The van der Waals surface area contributed by atoms with Crippen LogP contribution in [0, 0.1) is 5.82 Å². The monoisotopic (exact) mass is 623 g/mol. The number of nitrogens with one attached hydrogen (secondary N) is 2. The number of carbonyl (C=O) groups is 2. The Morgan fingerprint density at radius 3 is 2.60 bits per heavy atom. The summed E-state index contributed by atoms with van der Waals surface area (Å²) in [6.07, 6.45) is 0.849. The molecule has 45 heavy (non-hydrogen) atoms. The number of aromatic nitrogens is 2. The lowest BCUT2D eigenvalue weighted by Crippen LogP contribution is -2.49. The molecule has 0 saturated carbocycles. The first-order valence-corrected chi connectivity index (χ1v) is 15.1. The van der Waals surface area contributed by atoms with E-state index in [2.05, 4.69) is 44.2 Å². The van der Waals surface area contributed by atoms with E-state index in [4.69, 9.17) is 9.47 Å². The Bertz CT molecular complexity index is 1420. The number of hydrogen-bond donors (Lipinski definition) is 3. The molecule has 3 aromatic rings. The summed E-state index contributed by atoms with van der Waals surface area (Å²) in [5.74, 6) is -0.302. The molecule has 0 atom stereocenters. The van der Waals surface area contributed by atoms with Gasteiger partial charge in [0.15, 0.2) is 11.6 Å². The summed E-state index contributed by atoms with van der Waals surface area (Å²) in [6, 6.07) is 13.4. The minimum atomic E-state index is -1.25. The van der Waals surface area contributed by atoms with Gasteiger partial charge in [-0.3, -0.25) is 14.6 Å². The van der Waals surface area contributed by atoms with Gasteiger partial charge in [-0.1, -0.05) is 12.1 Å². The van der Waals surface area contributed by atoms with Gasteiger partial charge in [-0.05, 0) is 50.1 Å². The Kier molecular flexibility index (Phi) is 12.4. The van der Waals surface area contributed by atoms with Crippen molar-refractivity contribution in [3.63, 3.8) is 0 Å². The molecule has 0 radical (unpaired) electrons. The predicted octanol–water partition coefficient (Wildman–Crippen LogP) is 4.28. The largest absolute Gasteiger partial charge is 0.489 e. The number of halogens is 1. The van der Waals surface area contributed by atoms with Crippen LogP contribution in [0.4, 0.5) is 32.3 Å². The maximum atomic E-state index is 14.9. The predicted molar refractivity (Wildman–Crippen MR) is 170 cm³/mol. The SMILES string of the molecule is COCCNC(=O)CCc1cccc(N(C(=O)O)c2ccnc(Nc3ccc(OCCN4CCN(C(C)C)CC4)c(F)c3)n2)c1. The minimum absolute atomic E-state index is 0.0937. The third-order valence-electron chi connectivity index (χ3n) is 7.49. The molecular weight excluding hydrogens is 581 g/mol. The molecule has 1 aromatic heterocycles. The van der Waals surface area contributed by atoms with E-state index in [0.717, 1.165) is 43.2 Å². The number of benzene rings is 2. The van der Waals surface area contributed by atoms with Crippen molar-refractivity contribution >= 4 is 35.1 Å². The Morgan fingerprint density at radius 2 is 1.89 bits per heavy atom. The molecule has 2 aromatic carbocycles. The van der Waals surface area contributed by atoms with Crippen molar-refractivity contribution in [1.82, 2.24) is 25.1 Å². The fourth-order valence-corrected chi connectivity index (χ4v) is 4.98. The number of piperazine rings is 1. The van der Waals surface area contributed by atoms with Crippen molar-refractivity contribution in [1.29, 1.82) is 0 Å². The third kappa shape index (κ3) is 10.1. The summed E-state index contributed by atoms with van der Waals surface area (Å²) in [6.45, 7) is 10.3. The van der Waals surface area contributed by atoms with Crippen LogP contribution in [0.5, 0.6) is 5.75 Å². The van der Waals surface area contributed by atoms with Crippen molar-refractivity contribution in [2.75, 3.05) is 69.8 Å². The minimum Gasteiger partial charge on any atom is -0.489 e. The zero-order chi connectivity index (χ0) is 32.2. The van der Waals surface area contributed by atoms with E-state index in [1.54, 1.807) is 37.4 Å². The molecule has 2 heterocycles. The fourth-order valence-electron chi connectivity index (χ4n) is 4.98.